The van der Waals surface area contributed by atoms with Gasteiger partial charge in [-0.25, -0.2) is 0 Å². The summed E-state index contributed by atoms with van der Waals surface area (Å²) in [4.78, 5) is 0. The standard InChI is InChI=1S/C6H11BO4/c1-10-2-3-4(8)5(9)6(7)11-3/h3-6,8-9H,2H2,1H3. The SMILES string of the molecule is [B]C1OC(COC)C(O)C1O. The Morgan fingerprint density at radius 1 is 1.45 bits per heavy atom. The van der Waals surface area contributed by atoms with E-state index in [9.17, 15) is 5.11 Å². The van der Waals surface area contributed by atoms with Crippen molar-refractivity contribution in [2.45, 2.75) is 24.3 Å². The van der Waals surface area contributed by atoms with E-state index in [4.69, 9.17) is 22.4 Å². The fraction of sp³-hybridized carbons (Fsp3) is 1.00. The second-order valence-electron chi connectivity index (χ2n) is 2.58. The van der Waals surface area contributed by atoms with Crippen molar-refractivity contribution in [1.29, 1.82) is 0 Å². The predicted molar refractivity (Wildman–Crippen MR) is 38.3 cm³/mol. The van der Waals surface area contributed by atoms with Crippen molar-refractivity contribution in [3.8, 4) is 0 Å². The summed E-state index contributed by atoms with van der Waals surface area (Å²) in [5.41, 5.74) is 0. The summed E-state index contributed by atoms with van der Waals surface area (Å²) in [6.07, 6.45) is -2.45. The molecular formula is C6H11BO4. The molecule has 1 aliphatic heterocycles. The lowest BCUT2D eigenvalue weighted by atomic mass is 9.93. The molecule has 2 radical (unpaired) electrons. The summed E-state index contributed by atoms with van der Waals surface area (Å²) in [5, 5.41) is 18.3. The van der Waals surface area contributed by atoms with Crippen LogP contribution in [0.15, 0.2) is 0 Å². The van der Waals surface area contributed by atoms with Crippen LogP contribution >= 0.6 is 0 Å². The summed E-state index contributed by atoms with van der Waals surface area (Å²) in [7, 11) is 6.79. The maximum atomic E-state index is 9.22. The van der Waals surface area contributed by atoms with Gasteiger partial charge in [-0.3, -0.25) is 0 Å². The molecule has 0 aromatic rings. The summed E-state index contributed by atoms with van der Waals surface area (Å²) < 4.78 is 9.72. The van der Waals surface area contributed by atoms with Crippen LogP contribution in [-0.2, 0) is 9.47 Å². The molecule has 62 valence electrons. The molecule has 11 heavy (non-hydrogen) atoms. The van der Waals surface area contributed by atoms with Crippen LogP contribution in [0.2, 0.25) is 0 Å². The fourth-order valence-electron chi connectivity index (χ4n) is 1.08. The summed E-state index contributed by atoms with van der Waals surface area (Å²) >= 11 is 0. The highest BCUT2D eigenvalue weighted by Gasteiger charge is 2.39. The van der Waals surface area contributed by atoms with Gasteiger partial charge >= 0.3 is 0 Å². The highest BCUT2D eigenvalue weighted by molar-refractivity contribution is 6.11. The van der Waals surface area contributed by atoms with Crippen LogP contribution in [0.1, 0.15) is 0 Å². The lowest BCUT2D eigenvalue weighted by Crippen LogP contribution is -2.34. The van der Waals surface area contributed by atoms with Crippen molar-refractivity contribution < 1.29 is 19.7 Å². The molecule has 4 nitrogen and oxygen atoms in total. The van der Waals surface area contributed by atoms with Gasteiger partial charge in [-0.1, -0.05) is 0 Å². The number of ether oxygens (including phenoxy) is 2. The minimum Gasteiger partial charge on any atom is -0.388 e. The zero-order chi connectivity index (χ0) is 8.43. The normalized spacial score (nSPS) is 44.6. The third kappa shape index (κ3) is 1.73. The molecule has 5 heteroatoms. The number of aliphatic hydroxyl groups is 2. The van der Waals surface area contributed by atoms with Gasteiger partial charge in [0.05, 0.1) is 12.7 Å². The van der Waals surface area contributed by atoms with Crippen LogP contribution in [0.3, 0.4) is 0 Å². The molecule has 0 spiro atoms. The molecule has 0 aromatic heterocycles. The first-order valence-electron chi connectivity index (χ1n) is 3.43. The Kier molecular flexibility index (Phi) is 2.89. The highest BCUT2D eigenvalue weighted by atomic mass is 16.6. The molecule has 1 fully saturated rings. The minimum atomic E-state index is -1.00. The second-order valence-corrected chi connectivity index (χ2v) is 2.58. The monoisotopic (exact) mass is 158 g/mol. The summed E-state index contributed by atoms with van der Waals surface area (Å²) in [6.45, 7) is 0.242. The van der Waals surface area contributed by atoms with E-state index < -0.39 is 24.3 Å². The molecule has 1 aliphatic rings. The van der Waals surface area contributed by atoms with Crippen molar-refractivity contribution in [3.05, 3.63) is 0 Å². The largest absolute Gasteiger partial charge is 0.388 e. The first-order valence-corrected chi connectivity index (χ1v) is 3.43. The maximum absolute atomic E-state index is 9.22. The Bertz CT molecular complexity index is 132. The molecule has 1 saturated heterocycles. The van der Waals surface area contributed by atoms with Gasteiger partial charge in [-0.2, -0.15) is 0 Å². The Hall–Kier alpha value is -0.0951. The van der Waals surface area contributed by atoms with E-state index in [-0.39, 0.29) is 6.61 Å². The Morgan fingerprint density at radius 2 is 2.09 bits per heavy atom. The van der Waals surface area contributed by atoms with Gasteiger partial charge in [0.1, 0.15) is 20.1 Å². The average molecular weight is 158 g/mol. The first kappa shape index (κ1) is 9.00. The molecule has 4 unspecified atom stereocenters. The van der Waals surface area contributed by atoms with E-state index in [1.54, 1.807) is 0 Å². The molecular weight excluding hydrogens is 147 g/mol. The lowest BCUT2D eigenvalue weighted by molar-refractivity contribution is -0.0210. The third-order valence-corrected chi connectivity index (χ3v) is 1.73. The van der Waals surface area contributed by atoms with Crippen molar-refractivity contribution in [2.75, 3.05) is 13.7 Å². The van der Waals surface area contributed by atoms with E-state index in [0.29, 0.717) is 0 Å². The van der Waals surface area contributed by atoms with Crippen LogP contribution in [-0.4, -0.2) is 56.1 Å². The average Bonchev–Trinajstić information content (AvgIpc) is 2.19. The van der Waals surface area contributed by atoms with E-state index in [1.807, 2.05) is 0 Å². The third-order valence-electron chi connectivity index (χ3n) is 1.73. The van der Waals surface area contributed by atoms with E-state index in [2.05, 4.69) is 0 Å². The van der Waals surface area contributed by atoms with Crippen LogP contribution in [0.4, 0.5) is 0 Å². The lowest BCUT2D eigenvalue weighted by Gasteiger charge is -2.12. The zero-order valence-electron chi connectivity index (χ0n) is 6.30. The quantitative estimate of drug-likeness (QED) is 0.467. The second kappa shape index (κ2) is 3.54. The molecule has 0 amide bonds. The van der Waals surface area contributed by atoms with Crippen molar-refractivity contribution >= 4 is 7.85 Å². The van der Waals surface area contributed by atoms with Gasteiger partial charge in [-0.15, -0.1) is 0 Å². The van der Waals surface area contributed by atoms with Gasteiger partial charge in [0.2, 0.25) is 0 Å². The van der Waals surface area contributed by atoms with Crippen molar-refractivity contribution in [3.63, 3.8) is 0 Å². The highest BCUT2D eigenvalue weighted by Crippen LogP contribution is 2.18. The summed E-state index contributed by atoms with van der Waals surface area (Å²) in [5.74, 6) is 0. The molecule has 0 aromatic carbocycles. The van der Waals surface area contributed by atoms with Gasteiger partial charge in [0.25, 0.3) is 0 Å². The molecule has 0 aliphatic carbocycles. The van der Waals surface area contributed by atoms with Gasteiger partial charge in [0, 0.05) is 13.1 Å². The molecule has 4 atom stereocenters. The van der Waals surface area contributed by atoms with Gasteiger partial charge < -0.3 is 19.7 Å². The topological polar surface area (TPSA) is 58.9 Å². The number of rotatable bonds is 2. The van der Waals surface area contributed by atoms with E-state index in [1.165, 1.54) is 7.11 Å². The Balaban J connectivity index is 2.45. The molecule has 2 N–H and O–H groups in total. The molecule has 0 bridgehead atoms. The van der Waals surface area contributed by atoms with E-state index >= 15 is 0 Å². The maximum Gasteiger partial charge on any atom is 0.112 e. The zero-order valence-corrected chi connectivity index (χ0v) is 6.30. The van der Waals surface area contributed by atoms with Gasteiger partial charge in [0.15, 0.2) is 0 Å². The predicted octanol–water partition coefficient (Wildman–Crippen LogP) is -1.75. The number of methoxy groups -OCH3 is 1. The molecule has 0 saturated carbocycles. The smallest absolute Gasteiger partial charge is 0.112 e. The number of aliphatic hydroxyl groups excluding tert-OH is 2. The van der Waals surface area contributed by atoms with Crippen molar-refractivity contribution in [2.24, 2.45) is 0 Å². The first-order chi connectivity index (χ1) is 5.16. The fourth-order valence-corrected chi connectivity index (χ4v) is 1.08. The van der Waals surface area contributed by atoms with Crippen molar-refractivity contribution in [1.82, 2.24) is 0 Å². The molecule has 1 rings (SSSR count). The Labute approximate surface area is 66.5 Å². The molecule has 1 heterocycles. The Morgan fingerprint density at radius 3 is 2.45 bits per heavy atom. The number of hydrogen-bond acceptors (Lipinski definition) is 4. The van der Waals surface area contributed by atoms with E-state index in [0.717, 1.165) is 0 Å². The van der Waals surface area contributed by atoms with Gasteiger partial charge in [-0.05, 0) is 0 Å². The summed E-state index contributed by atoms with van der Waals surface area (Å²) in [6, 6.07) is -0.801. The number of hydrogen-bond donors (Lipinski definition) is 2. The minimum absolute atomic E-state index is 0.242. The van der Waals surface area contributed by atoms with Crippen LogP contribution in [0, 0.1) is 0 Å². The van der Waals surface area contributed by atoms with Crippen LogP contribution in [0.5, 0.6) is 0 Å². The van der Waals surface area contributed by atoms with Crippen LogP contribution in [0.25, 0.3) is 0 Å². The van der Waals surface area contributed by atoms with Crippen LogP contribution < -0.4 is 0 Å².